The highest BCUT2D eigenvalue weighted by Gasteiger charge is 2.56. The van der Waals surface area contributed by atoms with Crippen LogP contribution in [0.5, 0.6) is 11.5 Å². The molecule has 1 fully saturated rings. The van der Waals surface area contributed by atoms with Crippen molar-refractivity contribution >= 4 is 17.7 Å². The van der Waals surface area contributed by atoms with E-state index in [1.165, 1.54) is 0 Å². The zero-order valence-corrected chi connectivity index (χ0v) is 30.8. The van der Waals surface area contributed by atoms with Crippen molar-refractivity contribution in [2.45, 2.75) is 90.1 Å². The summed E-state index contributed by atoms with van der Waals surface area (Å²) in [4.78, 5) is 37.9. The normalized spacial score (nSPS) is 16.3. The van der Waals surface area contributed by atoms with Crippen molar-refractivity contribution in [1.29, 1.82) is 0 Å². The quantitative estimate of drug-likeness (QED) is 0.0467. The second-order valence-corrected chi connectivity index (χ2v) is 14.8. The molecule has 1 aliphatic heterocycles. The molecule has 0 bridgehead atoms. The van der Waals surface area contributed by atoms with E-state index < -0.39 is 17.0 Å². The number of rotatable bonds is 17. The maximum atomic E-state index is 12.9. The van der Waals surface area contributed by atoms with Crippen LogP contribution in [0.25, 0.3) is 0 Å². The van der Waals surface area contributed by atoms with Crippen molar-refractivity contribution in [3.63, 3.8) is 0 Å². The first kappa shape index (κ1) is 38.4. The van der Waals surface area contributed by atoms with E-state index in [0.29, 0.717) is 42.1 Å². The molecule has 0 aliphatic carbocycles. The van der Waals surface area contributed by atoms with Crippen LogP contribution >= 0.6 is 0 Å². The predicted molar refractivity (Wildman–Crippen MR) is 200 cm³/mol. The summed E-state index contributed by atoms with van der Waals surface area (Å²) in [5.74, 6) is 0.0263. The second kappa shape index (κ2) is 17.6. The lowest BCUT2D eigenvalue weighted by molar-refractivity contribution is -0.248. The maximum absolute atomic E-state index is 12.9. The molecule has 273 valence electrons. The summed E-state index contributed by atoms with van der Waals surface area (Å²) in [6, 6.07) is 31.3. The molecule has 1 radical (unpaired) electrons. The molecule has 1 atom stereocenters. The number of benzene rings is 4. The van der Waals surface area contributed by atoms with Gasteiger partial charge in [-0.1, -0.05) is 92.4 Å². The summed E-state index contributed by atoms with van der Waals surface area (Å²) in [5.41, 5.74) is 2.43. The number of hydroxylamine groups is 2. The van der Waals surface area contributed by atoms with Gasteiger partial charge in [0, 0.05) is 16.7 Å². The minimum atomic E-state index is -0.816. The molecule has 0 saturated carbocycles. The minimum absolute atomic E-state index is 0.0747. The molecular formula is C44H50NO7. The standard InChI is InChI=1S/C44H50NO7/c1-43(2)31-39(44(3,4)45(43)49)42(48)52-38-26-18-33(19-27-38)30-32-16-24-37(25-17-32)50-28-12-7-5-6-8-13-29-51-41(47)36-22-20-35(21-23-36)40(46)34-14-10-9-11-15-34/h9-11,14-27,39H,5-8,12-13,28-31H2,1-4H3. The van der Waals surface area contributed by atoms with E-state index in [2.05, 4.69) is 12.1 Å². The third-order valence-electron chi connectivity index (χ3n) is 9.85. The molecule has 1 heterocycles. The number of ketones is 1. The van der Waals surface area contributed by atoms with Crippen LogP contribution in [0.1, 0.15) is 110 Å². The van der Waals surface area contributed by atoms with Gasteiger partial charge in [0.15, 0.2) is 5.78 Å². The van der Waals surface area contributed by atoms with Gasteiger partial charge in [-0.2, -0.15) is 0 Å². The predicted octanol–water partition coefficient (Wildman–Crippen LogP) is 9.21. The topological polar surface area (TPSA) is 102 Å². The van der Waals surface area contributed by atoms with Crippen LogP contribution in [-0.2, 0) is 21.2 Å². The van der Waals surface area contributed by atoms with Gasteiger partial charge in [0.2, 0.25) is 0 Å². The first-order valence-corrected chi connectivity index (χ1v) is 18.3. The van der Waals surface area contributed by atoms with E-state index in [1.54, 1.807) is 62.4 Å². The van der Waals surface area contributed by atoms with Crippen molar-refractivity contribution in [3.05, 3.63) is 131 Å². The lowest BCUT2D eigenvalue weighted by Crippen LogP contribution is -2.47. The molecule has 1 aliphatic rings. The monoisotopic (exact) mass is 704 g/mol. The van der Waals surface area contributed by atoms with Crippen LogP contribution in [0.2, 0.25) is 0 Å². The summed E-state index contributed by atoms with van der Waals surface area (Å²) in [6.07, 6.45) is 7.23. The van der Waals surface area contributed by atoms with Crippen LogP contribution < -0.4 is 9.47 Å². The molecular weight excluding hydrogens is 654 g/mol. The van der Waals surface area contributed by atoms with E-state index >= 15 is 0 Å². The molecule has 0 N–H and O–H groups in total. The summed E-state index contributed by atoms with van der Waals surface area (Å²) in [5, 5.41) is 13.7. The highest BCUT2D eigenvalue weighted by Crippen LogP contribution is 2.44. The van der Waals surface area contributed by atoms with E-state index in [1.807, 2.05) is 56.3 Å². The SMILES string of the molecule is CC1(C)CC(C(=O)Oc2ccc(Cc3ccc(OCCCCCCCCOC(=O)c4ccc(C(=O)c5ccccc5)cc4)cc3)cc2)C(C)(C)N1[O]. The Morgan fingerprint density at radius 2 is 1.15 bits per heavy atom. The molecule has 8 heteroatoms. The van der Waals surface area contributed by atoms with Gasteiger partial charge in [-0.25, -0.2) is 4.79 Å². The molecule has 0 aromatic heterocycles. The Balaban J connectivity index is 0.909. The van der Waals surface area contributed by atoms with Gasteiger partial charge in [0.05, 0.1) is 30.2 Å². The van der Waals surface area contributed by atoms with E-state index in [0.717, 1.165) is 66.9 Å². The smallest absolute Gasteiger partial charge is 0.338 e. The van der Waals surface area contributed by atoms with Crippen molar-refractivity contribution in [2.24, 2.45) is 5.92 Å². The van der Waals surface area contributed by atoms with Crippen LogP contribution in [-0.4, -0.2) is 47.1 Å². The van der Waals surface area contributed by atoms with E-state index in [-0.39, 0.29) is 17.7 Å². The Labute approximate surface area is 307 Å². The van der Waals surface area contributed by atoms with Crippen molar-refractivity contribution in [2.75, 3.05) is 13.2 Å². The van der Waals surface area contributed by atoms with Gasteiger partial charge in [-0.15, -0.1) is 10.3 Å². The maximum Gasteiger partial charge on any atom is 0.338 e. The molecule has 4 aromatic rings. The average Bonchev–Trinajstić information content (AvgIpc) is 3.32. The van der Waals surface area contributed by atoms with Gasteiger partial charge < -0.3 is 14.2 Å². The number of hydrogen-bond acceptors (Lipinski definition) is 7. The van der Waals surface area contributed by atoms with Crippen molar-refractivity contribution in [3.8, 4) is 11.5 Å². The van der Waals surface area contributed by atoms with E-state index in [9.17, 15) is 19.6 Å². The number of carbonyl (C=O) groups excluding carboxylic acids is 3. The molecule has 0 amide bonds. The first-order chi connectivity index (χ1) is 24.9. The molecule has 1 saturated heterocycles. The number of esters is 2. The zero-order valence-electron chi connectivity index (χ0n) is 30.8. The molecule has 0 spiro atoms. The molecule has 8 nitrogen and oxygen atoms in total. The zero-order chi connectivity index (χ0) is 37.1. The average molecular weight is 705 g/mol. The van der Waals surface area contributed by atoms with Crippen molar-refractivity contribution in [1.82, 2.24) is 5.06 Å². The second-order valence-electron chi connectivity index (χ2n) is 14.8. The van der Waals surface area contributed by atoms with Gasteiger partial charge in [-0.05, 0) is 101 Å². The van der Waals surface area contributed by atoms with Crippen LogP contribution in [0.15, 0.2) is 103 Å². The number of hydrogen-bond donors (Lipinski definition) is 0. The minimum Gasteiger partial charge on any atom is -0.494 e. The third kappa shape index (κ3) is 10.2. The fourth-order valence-corrected chi connectivity index (χ4v) is 6.79. The van der Waals surface area contributed by atoms with Crippen LogP contribution in [0.4, 0.5) is 0 Å². The molecule has 4 aromatic carbocycles. The summed E-state index contributed by atoms with van der Waals surface area (Å²) >= 11 is 0. The van der Waals surface area contributed by atoms with Crippen molar-refractivity contribution < 1.29 is 33.8 Å². The van der Waals surface area contributed by atoms with Crippen LogP contribution in [0, 0.1) is 5.92 Å². The fraction of sp³-hybridized carbons (Fsp3) is 0.386. The summed E-state index contributed by atoms with van der Waals surface area (Å²) < 4.78 is 17.1. The number of unbranched alkanes of at least 4 members (excludes halogenated alkanes) is 5. The Kier molecular flexibility index (Phi) is 13.0. The van der Waals surface area contributed by atoms with Gasteiger partial charge in [-0.3, -0.25) is 9.59 Å². The largest absolute Gasteiger partial charge is 0.494 e. The Morgan fingerprint density at radius 3 is 1.73 bits per heavy atom. The summed E-state index contributed by atoms with van der Waals surface area (Å²) in [6.45, 7) is 8.37. The highest BCUT2D eigenvalue weighted by molar-refractivity contribution is 6.09. The first-order valence-electron chi connectivity index (χ1n) is 18.3. The lowest BCUT2D eigenvalue weighted by atomic mass is 9.87. The molecule has 1 unspecified atom stereocenters. The number of nitrogens with zero attached hydrogens (tertiary/aromatic N) is 1. The molecule has 52 heavy (non-hydrogen) atoms. The van der Waals surface area contributed by atoms with Gasteiger partial charge >= 0.3 is 11.9 Å². The Morgan fingerprint density at radius 1 is 0.635 bits per heavy atom. The van der Waals surface area contributed by atoms with Gasteiger partial charge in [0.25, 0.3) is 0 Å². The molecule has 5 rings (SSSR count). The Bertz CT molecular complexity index is 1760. The summed E-state index contributed by atoms with van der Waals surface area (Å²) in [7, 11) is 0. The Hall–Kier alpha value is -4.79. The number of ether oxygens (including phenoxy) is 3. The third-order valence-corrected chi connectivity index (χ3v) is 9.85. The lowest BCUT2D eigenvalue weighted by Gasteiger charge is -2.32. The van der Waals surface area contributed by atoms with Crippen LogP contribution in [0.3, 0.4) is 0 Å². The number of carbonyl (C=O) groups is 3. The highest BCUT2D eigenvalue weighted by atomic mass is 16.5. The van der Waals surface area contributed by atoms with Gasteiger partial charge in [0.1, 0.15) is 11.5 Å². The fourth-order valence-electron chi connectivity index (χ4n) is 6.79. The van der Waals surface area contributed by atoms with E-state index in [4.69, 9.17) is 14.2 Å².